The minimum absolute atomic E-state index is 0.0535. The van der Waals surface area contributed by atoms with Crippen molar-refractivity contribution in [1.82, 2.24) is 4.90 Å². The lowest BCUT2D eigenvalue weighted by Gasteiger charge is -2.33. The number of aliphatic hydroxyl groups excluding tert-OH is 1. The van der Waals surface area contributed by atoms with Crippen LogP contribution in [0.5, 0.6) is 0 Å². The van der Waals surface area contributed by atoms with E-state index in [0.29, 0.717) is 13.0 Å². The third kappa shape index (κ3) is 3.55. The van der Waals surface area contributed by atoms with Gasteiger partial charge in [-0.3, -0.25) is 9.59 Å². The number of likely N-dealkylation sites (tertiary alicyclic amines) is 1. The molecule has 1 aromatic rings. The molecule has 0 bridgehead atoms. The molecule has 5 nitrogen and oxygen atoms in total. The largest absolute Gasteiger partial charge is 0.391 e. The lowest BCUT2D eigenvalue weighted by Crippen LogP contribution is -2.49. The molecule has 1 heterocycles. The molecule has 2 unspecified atom stereocenters. The van der Waals surface area contributed by atoms with E-state index >= 15 is 0 Å². The molecule has 114 valence electrons. The molecule has 1 aliphatic rings. The van der Waals surface area contributed by atoms with E-state index in [1.165, 1.54) is 4.90 Å². The first-order valence-corrected chi connectivity index (χ1v) is 6.62. The van der Waals surface area contributed by atoms with E-state index in [1.54, 1.807) is 0 Å². The number of amides is 2. The fourth-order valence-corrected chi connectivity index (χ4v) is 2.15. The van der Waals surface area contributed by atoms with Crippen molar-refractivity contribution in [2.75, 3.05) is 18.4 Å². The maximum atomic E-state index is 13.4. The van der Waals surface area contributed by atoms with Crippen molar-refractivity contribution in [3.05, 3.63) is 29.8 Å². The van der Waals surface area contributed by atoms with Gasteiger partial charge in [-0.05, 0) is 24.5 Å². The Hall–Kier alpha value is -2.02. The molecule has 2 atom stereocenters. The summed E-state index contributed by atoms with van der Waals surface area (Å²) in [6.45, 7) is 2.25. The number of hydrogen-bond acceptors (Lipinski definition) is 3. The van der Waals surface area contributed by atoms with Gasteiger partial charge >= 0.3 is 11.8 Å². The molecule has 0 aliphatic carbocycles. The van der Waals surface area contributed by atoms with Gasteiger partial charge in [0.05, 0.1) is 11.8 Å². The van der Waals surface area contributed by atoms with Crippen LogP contribution < -0.4 is 5.32 Å². The number of nitrogens with zero attached hydrogens (tertiary/aromatic N) is 1. The molecular formula is C14H16F2N2O3. The van der Waals surface area contributed by atoms with Crippen molar-refractivity contribution in [2.45, 2.75) is 19.4 Å². The van der Waals surface area contributed by atoms with E-state index in [9.17, 15) is 23.5 Å². The Balaban J connectivity index is 2.03. The summed E-state index contributed by atoms with van der Waals surface area (Å²) >= 11 is 0. The van der Waals surface area contributed by atoms with Gasteiger partial charge in [0.15, 0.2) is 0 Å². The number of anilines is 1. The molecule has 2 amide bonds. The number of piperidine rings is 1. The van der Waals surface area contributed by atoms with E-state index in [-0.39, 0.29) is 18.2 Å². The summed E-state index contributed by atoms with van der Waals surface area (Å²) < 4.78 is 26.4. The van der Waals surface area contributed by atoms with Crippen LogP contribution in [-0.2, 0) is 9.59 Å². The molecule has 1 aromatic carbocycles. The van der Waals surface area contributed by atoms with Gasteiger partial charge in [-0.2, -0.15) is 0 Å². The number of nitrogens with one attached hydrogen (secondary N) is 1. The van der Waals surface area contributed by atoms with Gasteiger partial charge in [0, 0.05) is 19.2 Å². The highest BCUT2D eigenvalue weighted by atomic mass is 19.1. The summed E-state index contributed by atoms with van der Waals surface area (Å²) in [7, 11) is 0. The second-order valence-corrected chi connectivity index (χ2v) is 5.16. The predicted octanol–water partition coefficient (Wildman–Crippen LogP) is 1.13. The summed E-state index contributed by atoms with van der Waals surface area (Å²) in [4.78, 5) is 24.9. The fourth-order valence-electron chi connectivity index (χ4n) is 2.15. The molecule has 21 heavy (non-hydrogen) atoms. The van der Waals surface area contributed by atoms with Crippen LogP contribution in [0.1, 0.15) is 13.3 Å². The Bertz CT molecular complexity index is 565. The minimum Gasteiger partial charge on any atom is -0.391 e. The number of rotatable bonds is 1. The summed E-state index contributed by atoms with van der Waals surface area (Å²) in [6.07, 6.45) is -0.115. The monoisotopic (exact) mass is 298 g/mol. The highest BCUT2D eigenvalue weighted by molar-refractivity contribution is 6.39. The second kappa shape index (κ2) is 6.17. The second-order valence-electron chi connectivity index (χ2n) is 5.16. The quantitative estimate of drug-likeness (QED) is 0.764. The van der Waals surface area contributed by atoms with E-state index in [1.807, 2.05) is 12.2 Å². The Morgan fingerprint density at radius 1 is 1.38 bits per heavy atom. The van der Waals surface area contributed by atoms with Crippen molar-refractivity contribution < 1.29 is 23.5 Å². The number of carbonyl (C=O) groups is 2. The number of carbonyl (C=O) groups excluding carboxylic acids is 2. The van der Waals surface area contributed by atoms with Gasteiger partial charge in [-0.1, -0.05) is 6.92 Å². The Kier molecular flexibility index (Phi) is 4.52. The van der Waals surface area contributed by atoms with Crippen LogP contribution in [0, 0.1) is 17.6 Å². The number of benzene rings is 1. The lowest BCUT2D eigenvalue weighted by atomic mass is 9.96. The molecule has 0 radical (unpaired) electrons. The first kappa shape index (κ1) is 15.4. The van der Waals surface area contributed by atoms with Crippen molar-refractivity contribution in [3.63, 3.8) is 0 Å². The van der Waals surface area contributed by atoms with Crippen LogP contribution >= 0.6 is 0 Å². The average molecular weight is 298 g/mol. The molecule has 7 heteroatoms. The Morgan fingerprint density at radius 2 is 2.10 bits per heavy atom. The number of aliphatic hydroxyl groups is 1. The van der Waals surface area contributed by atoms with Gasteiger partial charge < -0.3 is 15.3 Å². The highest BCUT2D eigenvalue weighted by Gasteiger charge is 2.30. The topological polar surface area (TPSA) is 69.6 Å². The van der Waals surface area contributed by atoms with Crippen LogP contribution in [-0.4, -0.2) is 41.0 Å². The first-order valence-electron chi connectivity index (χ1n) is 6.62. The maximum Gasteiger partial charge on any atom is 0.313 e. The first-order chi connectivity index (χ1) is 9.88. The smallest absolute Gasteiger partial charge is 0.313 e. The SMILES string of the molecule is CC1CCN(C(=O)C(=O)Nc2cc(F)ccc2F)CC1O. The minimum atomic E-state index is -1.05. The standard InChI is InChI=1S/C14H16F2N2O3/c1-8-4-5-18(7-12(8)19)14(21)13(20)17-11-6-9(15)2-3-10(11)16/h2-3,6,8,12,19H,4-5,7H2,1H3,(H,17,20). The van der Waals surface area contributed by atoms with Gasteiger partial charge in [-0.25, -0.2) is 8.78 Å². The molecule has 0 aromatic heterocycles. The summed E-state index contributed by atoms with van der Waals surface area (Å²) in [6, 6.07) is 2.57. The Morgan fingerprint density at radius 3 is 2.76 bits per heavy atom. The van der Waals surface area contributed by atoms with Crippen LogP contribution in [0.2, 0.25) is 0 Å². The summed E-state index contributed by atoms with van der Waals surface area (Å²) in [5, 5.41) is 11.8. The van der Waals surface area contributed by atoms with Crippen molar-refractivity contribution >= 4 is 17.5 Å². The maximum absolute atomic E-state index is 13.4. The Labute approximate surface area is 120 Å². The van der Waals surface area contributed by atoms with Crippen molar-refractivity contribution in [1.29, 1.82) is 0 Å². The van der Waals surface area contributed by atoms with Gasteiger partial charge in [0.25, 0.3) is 0 Å². The normalized spacial score (nSPS) is 22.0. The molecular weight excluding hydrogens is 282 g/mol. The van der Waals surface area contributed by atoms with Crippen LogP contribution in [0.3, 0.4) is 0 Å². The lowest BCUT2D eigenvalue weighted by molar-refractivity contribution is -0.146. The van der Waals surface area contributed by atoms with Crippen LogP contribution in [0.4, 0.5) is 14.5 Å². The summed E-state index contributed by atoms with van der Waals surface area (Å²) in [5.74, 6) is -3.42. The van der Waals surface area contributed by atoms with E-state index in [0.717, 1.165) is 18.2 Å². The molecule has 2 rings (SSSR count). The van der Waals surface area contributed by atoms with Gasteiger partial charge in [-0.15, -0.1) is 0 Å². The van der Waals surface area contributed by atoms with E-state index in [2.05, 4.69) is 0 Å². The summed E-state index contributed by atoms with van der Waals surface area (Å²) in [5.41, 5.74) is -0.390. The van der Waals surface area contributed by atoms with Crippen molar-refractivity contribution in [3.8, 4) is 0 Å². The van der Waals surface area contributed by atoms with Gasteiger partial charge in [0.2, 0.25) is 0 Å². The van der Waals surface area contributed by atoms with Gasteiger partial charge in [0.1, 0.15) is 11.6 Å². The molecule has 2 N–H and O–H groups in total. The van der Waals surface area contributed by atoms with Crippen molar-refractivity contribution in [2.24, 2.45) is 5.92 Å². The third-order valence-corrected chi connectivity index (χ3v) is 3.58. The molecule has 0 spiro atoms. The highest BCUT2D eigenvalue weighted by Crippen LogP contribution is 2.18. The zero-order chi connectivity index (χ0) is 15.6. The van der Waals surface area contributed by atoms with E-state index in [4.69, 9.17) is 0 Å². The van der Waals surface area contributed by atoms with Crippen LogP contribution in [0.15, 0.2) is 18.2 Å². The average Bonchev–Trinajstić information content (AvgIpc) is 2.45. The molecule has 1 fully saturated rings. The van der Waals surface area contributed by atoms with E-state index < -0.39 is 29.6 Å². The number of halogens is 2. The number of hydrogen-bond donors (Lipinski definition) is 2. The van der Waals surface area contributed by atoms with Crippen LogP contribution in [0.25, 0.3) is 0 Å². The predicted molar refractivity (Wildman–Crippen MR) is 71.4 cm³/mol. The zero-order valence-electron chi connectivity index (χ0n) is 11.5. The fraction of sp³-hybridized carbons (Fsp3) is 0.429. The number of β-amino-alcohol motifs (C(OH)–C–C–N with tert-alkyl or cyclic N) is 1. The zero-order valence-corrected chi connectivity index (χ0v) is 11.5. The molecule has 0 saturated carbocycles. The third-order valence-electron chi connectivity index (χ3n) is 3.58. The molecule has 1 saturated heterocycles. The molecule has 1 aliphatic heterocycles.